The zero-order valence-electron chi connectivity index (χ0n) is 10.2. The molecule has 0 amide bonds. The average molecular weight is 293 g/mol. The van der Waals surface area contributed by atoms with Crippen molar-refractivity contribution in [1.29, 1.82) is 0 Å². The van der Waals surface area contributed by atoms with Gasteiger partial charge in [-0.05, 0) is 19.4 Å². The summed E-state index contributed by atoms with van der Waals surface area (Å²) in [5, 5.41) is 7.22. The van der Waals surface area contributed by atoms with Crippen LogP contribution in [0.1, 0.15) is 19.3 Å². The smallest absolute Gasteiger partial charge is 0.259 e. The monoisotopic (exact) mass is 292 g/mol. The van der Waals surface area contributed by atoms with Crippen LogP contribution in [0.2, 0.25) is 5.02 Å². The van der Waals surface area contributed by atoms with E-state index in [1.165, 1.54) is 10.9 Å². The molecule has 0 saturated carbocycles. The van der Waals surface area contributed by atoms with Crippen LogP contribution < -0.4 is 10.0 Å². The quantitative estimate of drug-likeness (QED) is 0.850. The number of hydrogen-bond donors (Lipinski definition) is 2. The molecule has 18 heavy (non-hydrogen) atoms. The molecule has 1 aromatic rings. The van der Waals surface area contributed by atoms with E-state index in [0.29, 0.717) is 6.54 Å². The van der Waals surface area contributed by atoms with Crippen molar-refractivity contribution in [2.24, 2.45) is 7.05 Å². The summed E-state index contributed by atoms with van der Waals surface area (Å²) in [5.74, 6) is 0. The molecule has 0 radical (unpaired) electrons. The number of nitrogens with one attached hydrogen (secondary N) is 2. The molecule has 1 atom stereocenters. The van der Waals surface area contributed by atoms with Crippen LogP contribution in [0.15, 0.2) is 11.2 Å². The van der Waals surface area contributed by atoms with Crippen molar-refractivity contribution in [2.75, 3.05) is 13.1 Å². The third kappa shape index (κ3) is 3.03. The SMILES string of the molecule is Cn1ncc(Cl)c1S(=O)(=O)NC1CCCCNC1. The number of nitrogens with zero attached hydrogens (tertiary/aromatic N) is 2. The fourth-order valence-corrected chi connectivity index (χ4v) is 4.02. The minimum atomic E-state index is -3.62. The molecular weight excluding hydrogens is 276 g/mol. The number of hydrogen-bond acceptors (Lipinski definition) is 4. The average Bonchev–Trinajstić information content (AvgIpc) is 2.52. The Kier molecular flexibility index (Phi) is 4.26. The van der Waals surface area contributed by atoms with E-state index >= 15 is 0 Å². The van der Waals surface area contributed by atoms with Crippen molar-refractivity contribution in [2.45, 2.75) is 30.3 Å². The van der Waals surface area contributed by atoms with Crippen LogP contribution >= 0.6 is 11.6 Å². The predicted octanol–water partition coefficient (Wildman–Crippen LogP) is 0.494. The number of sulfonamides is 1. The second kappa shape index (κ2) is 5.56. The first-order chi connectivity index (χ1) is 8.50. The first-order valence-electron chi connectivity index (χ1n) is 5.91. The van der Waals surface area contributed by atoms with E-state index in [2.05, 4.69) is 15.1 Å². The molecule has 1 fully saturated rings. The molecule has 6 nitrogen and oxygen atoms in total. The Hall–Kier alpha value is -0.630. The summed E-state index contributed by atoms with van der Waals surface area (Å²) in [4.78, 5) is 0. The lowest BCUT2D eigenvalue weighted by molar-refractivity contribution is 0.512. The lowest BCUT2D eigenvalue weighted by atomic mass is 10.2. The maximum Gasteiger partial charge on any atom is 0.259 e. The van der Waals surface area contributed by atoms with Crippen molar-refractivity contribution < 1.29 is 8.42 Å². The Morgan fingerprint density at radius 1 is 1.56 bits per heavy atom. The zero-order valence-corrected chi connectivity index (χ0v) is 11.8. The van der Waals surface area contributed by atoms with Gasteiger partial charge in [-0.15, -0.1) is 0 Å². The van der Waals surface area contributed by atoms with Gasteiger partial charge < -0.3 is 5.32 Å². The zero-order chi connectivity index (χ0) is 13.2. The summed E-state index contributed by atoms with van der Waals surface area (Å²) in [6.07, 6.45) is 4.26. The van der Waals surface area contributed by atoms with Gasteiger partial charge in [0, 0.05) is 19.6 Å². The summed E-state index contributed by atoms with van der Waals surface area (Å²) in [6, 6.07) is -0.0940. The Bertz CT molecular complexity index is 486. The van der Waals surface area contributed by atoms with Crippen LogP contribution in [0.3, 0.4) is 0 Å². The molecule has 1 aromatic heterocycles. The summed E-state index contributed by atoms with van der Waals surface area (Å²) < 4.78 is 28.4. The Labute approximate surface area is 112 Å². The van der Waals surface area contributed by atoms with Crippen molar-refractivity contribution in [1.82, 2.24) is 19.8 Å². The molecule has 2 rings (SSSR count). The van der Waals surface area contributed by atoms with Gasteiger partial charge in [-0.1, -0.05) is 18.0 Å². The molecule has 2 N–H and O–H groups in total. The maximum atomic E-state index is 12.2. The molecular formula is C10H17ClN4O2S. The van der Waals surface area contributed by atoms with Crippen molar-refractivity contribution in [3.05, 3.63) is 11.2 Å². The van der Waals surface area contributed by atoms with Crippen LogP contribution in [0, 0.1) is 0 Å². The van der Waals surface area contributed by atoms with Gasteiger partial charge in [0.1, 0.15) is 0 Å². The van der Waals surface area contributed by atoms with E-state index in [0.717, 1.165) is 25.8 Å². The summed E-state index contributed by atoms with van der Waals surface area (Å²) in [6.45, 7) is 1.58. The normalized spacial score (nSPS) is 21.8. The summed E-state index contributed by atoms with van der Waals surface area (Å²) in [5.41, 5.74) is 0. The van der Waals surface area contributed by atoms with Crippen LogP contribution in [0.25, 0.3) is 0 Å². The van der Waals surface area contributed by atoms with Gasteiger partial charge in [0.2, 0.25) is 0 Å². The lowest BCUT2D eigenvalue weighted by Crippen LogP contribution is -2.41. The molecule has 102 valence electrons. The van der Waals surface area contributed by atoms with E-state index < -0.39 is 10.0 Å². The van der Waals surface area contributed by atoms with Crippen LogP contribution in [-0.4, -0.2) is 37.3 Å². The standard InChI is InChI=1S/C10H17ClN4O2S/c1-15-10(9(11)7-13-15)18(16,17)14-8-4-2-3-5-12-6-8/h7-8,12,14H,2-6H2,1H3. The topological polar surface area (TPSA) is 76.0 Å². The van der Waals surface area contributed by atoms with Gasteiger partial charge in [0.15, 0.2) is 5.03 Å². The third-order valence-corrected chi connectivity index (χ3v) is 4.99. The molecule has 0 bridgehead atoms. The van der Waals surface area contributed by atoms with Gasteiger partial charge in [0.05, 0.1) is 11.2 Å². The fourth-order valence-electron chi connectivity index (χ4n) is 2.10. The van der Waals surface area contributed by atoms with E-state index in [1.54, 1.807) is 7.05 Å². The minimum absolute atomic E-state index is 0.0217. The molecule has 8 heteroatoms. The Morgan fingerprint density at radius 3 is 3.00 bits per heavy atom. The molecule has 1 unspecified atom stereocenters. The highest BCUT2D eigenvalue weighted by atomic mass is 35.5. The summed E-state index contributed by atoms with van der Waals surface area (Å²) >= 11 is 5.86. The third-order valence-electron chi connectivity index (χ3n) is 2.97. The van der Waals surface area contributed by atoms with E-state index in [1.807, 2.05) is 0 Å². The van der Waals surface area contributed by atoms with Crippen molar-refractivity contribution >= 4 is 21.6 Å². The molecule has 0 spiro atoms. The minimum Gasteiger partial charge on any atom is -0.315 e. The van der Waals surface area contributed by atoms with E-state index in [-0.39, 0.29) is 16.1 Å². The van der Waals surface area contributed by atoms with Gasteiger partial charge in [-0.2, -0.15) is 5.10 Å². The highest BCUT2D eigenvalue weighted by Gasteiger charge is 2.26. The van der Waals surface area contributed by atoms with E-state index in [4.69, 9.17) is 11.6 Å². The molecule has 0 aromatic carbocycles. The molecule has 1 aliphatic heterocycles. The number of aromatic nitrogens is 2. The van der Waals surface area contributed by atoms with Crippen molar-refractivity contribution in [3.63, 3.8) is 0 Å². The fraction of sp³-hybridized carbons (Fsp3) is 0.700. The maximum absolute atomic E-state index is 12.2. The highest BCUT2D eigenvalue weighted by Crippen LogP contribution is 2.20. The Morgan fingerprint density at radius 2 is 2.33 bits per heavy atom. The van der Waals surface area contributed by atoms with Gasteiger partial charge in [-0.25, -0.2) is 13.1 Å². The Balaban J connectivity index is 2.16. The lowest BCUT2D eigenvalue weighted by Gasteiger charge is -2.16. The summed E-state index contributed by atoms with van der Waals surface area (Å²) in [7, 11) is -2.05. The number of rotatable bonds is 3. The molecule has 1 aliphatic rings. The predicted molar refractivity (Wildman–Crippen MR) is 69.0 cm³/mol. The second-order valence-corrected chi connectivity index (χ2v) is 6.48. The largest absolute Gasteiger partial charge is 0.315 e. The highest BCUT2D eigenvalue weighted by molar-refractivity contribution is 7.89. The van der Waals surface area contributed by atoms with Gasteiger partial charge >= 0.3 is 0 Å². The molecule has 1 saturated heterocycles. The van der Waals surface area contributed by atoms with Gasteiger partial charge in [0.25, 0.3) is 10.0 Å². The van der Waals surface area contributed by atoms with Crippen LogP contribution in [-0.2, 0) is 17.1 Å². The van der Waals surface area contributed by atoms with Gasteiger partial charge in [-0.3, -0.25) is 4.68 Å². The first-order valence-corrected chi connectivity index (χ1v) is 7.77. The van der Waals surface area contributed by atoms with Crippen LogP contribution in [0.4, 0.5) is 0 Å². The van der Waals surface area contributed by atoms with E-state index in [9.17, 15) is 8.42 Å². The number of halogens is 1. The first kappa shape index (κ1) is 13.8. The molecule has 0 aliphatic carbocycles. The number of aryl methyl sites for hydroxylation is 1. The molecule has 2 heterocycles. The second-order valence-electron chi connectivity index (χ2n) is 4.44. The van der Waals surface area contributed by atoms with Crippen molar-refractivity contribution in [3.8, 4) is 0 Å². The van der Waals surface area contributed by atoms with Crippen LogP contribution in [0.5, 0.6) is 0 Å².